The molecule has 0 saturated carbocycles. The van der Waals surface area contributed by atoms with E-state index in [4.69, 9.17) is 19.0 Å². The van der Waals surface area contributed by atoms with Gasteiger partial charge in [-0.05, 0) is 82.7 Å². The number of rotatable bonds is 6. The van der Waals surface area contributed by atoms with E-state index in [0.717, 1.165) is 64.7 Å². The first-order chi connectivity index (χ1) is 18.2. The van der Waals surface area contributed by atoms with E-state index < -0.39 is 5.60 Å². The Morgan fingerprint density at radius 3 is 2.71 bits per heavy atom. The van der Waals surface area contributed by atoms with Crippen LogP contribution in [0.5, 0.6) is 0 Å². The van der Waals surface area contributed by atoms with E-state index in [-0.39, 0.29) is 12.3 Å². The maximum atomic E-state index is 12.7. The number of oxazole rings is 1. The van der Waals surface area contributed by atoms with Gasteiger partial charge in [0, 0.05) is 36.5 Å². The molecule has 9 nitrogen and oxygen atoms in total. The number of pyridine rings is 1. The van der Waals surface area contributed by atoms with Crippen LogP contribution in [0.4, 0.5) is 4.79 Å². The summed E-state index contributed by atoms with van der Waals surface area (Å²) in [6, 6.07) is 6.30. The number of ether oxygens (including phenoxy) is 2. The first kappa shape index (κ1) is 25.9. The van der Waals surface area contributed by atoms with Crippen molar-refractivity contribution in [3.8, 4) is 22.6 Å². The van der Waals surface area contributed by atoms with Gasteiger partial charge in [-0.1, -0.05) is 6.07 Å². The van der Waals surface area contributed by atoms with Gasteiger partial charge in [-0.3, -0.25) is 4.98 Å². The van der Waals surface area contributed by atoms with Crippen molar-refractivity contribution in [1.29, 1.82) is 0 Å². The van der Waals surface area contributed by atoms with Crippen LogP contribution in [-0.4, -0.2) is 49.5 Å². The average molecular weight is 518 g/mol. The third-order valence-electron chi connectivity index (χ3n) is 6.83. The van der Waals surface area contributed by atoms with Gasteiger partial charge in [0.2, 0.25) is 0 Å². The number of hydrogen-bond donors (Lipinski definition) is 0. The van der Waals surface area contributed by atoms with Crippen LogP contribution in [-0.2, 0) is 16.0 Å². The maximum absolute atomic E-state index is 12.7. The van der Waals surface area contributed by atoms with Crippen molar-refractivity contribution in [3.05, 3.63) is 54.3 Å². The summed E-state index contributed by atoms with van der Waals surface area (Å²) < 4.78 is 19.3. The van der Waals surface area contributed by atoms with E-state index in [9.17, 15) is 4.79 Å². The molecule has 0 bridgehead atoms. The fourth-order valence-corrected chi connectivity index (χ4v) is 4.82. The van der Waals surface area contributed by atoms with E-state index >= 15 is 0 Å². The minimum Gasteiger partial charge on any atom is -0.444 e. The summed E-state index contributed by atoms with van der Waals surface area (Å²) in [4.78, 5) is 23.1. The predicted octanol–water partition coefficient (Wildman–Crippen LogP) is 6.52. The zero-order chi connectivity index (χ0) is 26.9. The second-order valence-electron chi connectivity index (χ2n) is 10.7. The highest BCUT2D eigenvalue weighted by molar-refractivity contribution is 5.95. The summed E-state index contributed by atoms with van der Waals surface area (Å²) in [5.74, 6) is 0.612. The molecule has 1 aliphatic rings. The zero-order valence-electron chi connectivity index (χ0n) is 22.7. The third kappa shape index (κ3) is 5.29. The highest BCUT2D eigenvalue weighted by atomic mass is 16.6. The third-order valence-corrected chi connectivity index (χ3v) is 6.83. The number of nitrogens with zero attached hydrogens (tertiary/aromatic N) is 5. The quantitative estimate of drug-likeness (QED) is 0.287. The number of amides is 1. The minimum absolute atomic E-state index is 0.103. The summed E-state index contributed by atoms with van der Waals surface area (Å²) >= 11 is 0. The second kappa shape index (κ2) is 10.6. The predicted molar refractivity (Wildman–Crippen MR) is 144 cm³/mol. The van der Waals surface area contributed by atoms with Gasteiger partial charge in [-0.25, -0.2) is 14.5 Å². The Hall–Kier alpha value is -3.72. The van der Waals surface area contributed by atoms with Gasteiger partial charge in [0.05, 0.1) is 18.3 Å². The van der Waals surface area contributed by atoms with E-state index in [2.05, 4.69) is 35.1 Å². The molecule has 1 saturated heterocycles. The molecule has 0 aliphatic carbocycles. The fourth-order valence-electron chi connectivity index (χ4n) is 4.82. The lowest BCUT2D eigenvalue weighted by Crippen LogP contribution is -2.36. The molecular weight excluding hydrogens is 482 g/mol. The van der Waals surface area contributed by atoms with Gasteiger partial charge in [0.25, 0.3) is 0 Å². The molecule has 1 unspecified atom stereocenters. The van der Waals surface area contributed by atoms with Crippen molar-refractivity contribution in [1.82, 2.24) is 24.6 Å². The van der Waals surface area contributed by atoms with Crippen LogP contribution in [0.15, 0.2) is 47.6 Å². The molecule has 4 heterocycles. The Kier molecular flexibility index (Phi) is 7.21. The van der Waals surface area contributed by atoms with Crippen molar-refractivity contribution in [3.63, 3.8) is 0 Å². The van der Waals surface area contributed by atoms with Crippen LogP contribution in [0.3, 0.4) is 0 Å². The minimum atomic E-state index is -0.552. The van der Waals surface area contributed by atoms with Crippen molar-refractivity contribution in [2.24, 2.45) is 0 Å². The van der Waals surface area contributed by atoms with Gasteiger partial charge in [0.15, 0.2) is 18.4 Å². The molecule has 200 valence electrons. The second-order valence-corrected chi connectivity index (χ2v) is 10.7. The molecular formula is C29H35N5O4. The average Bonchev–Trinajstić information content (AvgIpc) is 3.55. The Bertz CT molecular complexity index is 1420. The molecule has 0 spiro atoms. The molecule has 4 aromatic rings. The van der Waals surface area contributed by atoms with E-state index in [0.29, 0.717) is 18.8 Å². The molecule has 1 aromatic carbocycles. The number of carbonyl (C=O) groups excluding carboxylic acids is 1. The van der Waals surface area contributed by atoms with Crippen LogP contribution >= 0.6 is 0 Å². The van der Waals surface area contributed by atoms with Crippen LogP contribution in [0, 0.1) is 6.92 Å². The van der Waals surface area contributed by atoms with E-state index in [1.54, 1.807) is 11.1 Å². The summed E-state index contributed by atoms with van der Waals surface area (Å²) in [5.41, 5.74) is 5.20. The Balaban J connectivity index is 1.52. The molecule has 1 aliphatic heterocycles. The highest BCUT2D eigenvalue weighted by Gasteiger charge is 2.25. The van der Waals surface area contributed by atoms with Crippen LogP contribution < -0.4 is 0 Å². The van der Waals surface area contributed by atoms with Crippen molar-refractivity contribution < 1.29 is 18.7 Å². The van der Waals surface area contributed by atoms with Crippen molar-refractivity contribution in [2.75, 3.05) is 13.2 Å². The first-order valence-electron chi connectivity index (χ1n) is 13.2. The zero-order valence-corrected chi connectivity index (χ0v) is 22.7. The van der Waals surface area contributed by atoms with E-state index in [1.807, 2.05) is 44.8 Å². The lowest BCUT2D eigenvalue weighted by Gasteiger charge is -2.27. The number of benzene rings is 1. The number of fused-ring (bicyclic) bond motifs is 1. The summed E-state index contributed by atoms with van der Waals surface area (Å²) in [6.07, 6.45) is 9.46. The Morgan fingerprint density at radius 1 is 1.18 bits per heavy atom. The van der Waals surface area contributed by atoms with E-state index in [1.165, 1.54) is 6.39 Å². The van der Waals surface area contributed by atoms with Gasteiger partial charge in [-0.2, -0.15) is 5.10 Å². The normalized spacial score (nSPS) is 16.1. The number of aromatic nitrogens is 4. The highest BCUT2D eigenvalue weighted by Crippen LogP contribution is 2.36. The van der Waals surface area contributed by atoms with Gasteiger partial charge < -0.3 is 18.8 Å². The summed E-state index contributed by atoms with van der Waals surface area (Å²) in [6.45, 7) is 11.3. The molecule has 38 heavy (non-hydrogen) atoms. The van der Waals surface area contributed by atoms with Crippen LogP contribution in [0.1, 0.15) is 64.3 Å². The number of hydrogen-bond acceptors (Lipinski definition) is 7. The van der Waals surface area contributed by atoms with Gasteiger partial charge >= 0.3 is 6.09 Å². The molecule has 3 aromatic heterocycles. The topological polar surface area (TPSA) is 95.5 Å². The van der Waals surface area contributed by atoms with Crippen molar-refractivity contribution in [2.45, 2.75) is 72.3 Å². The first-order valence-corrected chi connectivity index (χ1v) is 13.2. The molecule has 1 fully saturated rings. The standard InChI is InChI=1S/C29H35N5O4/c1-6-33(28(35)38-29(3,4)5)17-21-14-30-15-23(19(21)2)20-10-11-24-22(13-20)27(25-16-31-18-37-25)32-34(24)26-9-7-8-12-36-26/h10-11,13-16,18,26H,6-9,12,17H2,1-5H3. The Morgan fingerprint density at radius 2 is 2.03 bits per heavy atom. The van der Waals surface area contributed by atoms with Crippen LogP contribution in [0.2, 0.25) is 0 Å². The maximum Gasteiger partial charge on any atom is 0.410 e. The van der Waals surface area contributed by atoms with Crippen LogP contribution in [0.25, 0.3) is 33.5 Å². The molecule has 1 atom stereocenters. The number of carbonyl (C=O) groups is 1. The molecule has 9 heteroatoms. The summed E-state index contributed by atoms with van der Waals surface area (Å²) in [7, 11) is 0. The SMILES string of the molecule is CCN(Cc1cncc(-c2ccc3c(c2)c(-c2cnco2)nn3C2CCCCO2)c1C)C(=O)OC(C)(C)C. The largest absolute Gasteiger partial charge is 0.444 e. The lowest BCUT2D eigenvalue weighted by atomic mass is 9.97. The Labute approximate surface area is 222 Å². The van der Waals surface area contributed by atoms with Gasteiger partial charge in [0.1, 0.15) is 11.3 Å². The summed E-state index contributed by atoms with van der Waals surface area (Å²) in [5, 5.41) is 5.87. The molecule has 5 rings (SSSR count). The van der Waals surface area contributed by atoms with Crippen molar-refractivity contribution >= 4 is 17.0 Å². The monoisotopic (exact) mass is 517 g/mol. The molecule has 0 N–H and O–H groups in total. The molecule has 1 amide bonds. The van der Waals surface area contributed by atoms with Gasteiger partial charge in [-0.15, -0.1) is 0 Å². The lowest BCUT2D eigenvalue weighted by molar-refractivity contribution is -0.0365. The fraction of sp³-hybridized carbons (Fsp3) is 0.448. The molecule has 0 radical (unpaired) electrons. The smallest absolute Gasteiger partial charge is 0.410 e.